The number of nitrogens with zero attached hydrogens (tertiary/aromatic N) is 3. The highest BCUT2D eigenvalue weighted by Crippen LogP contribution is 2.18. The average Bonchev–Trinajstić information content (AvgIpc) is 2.95. The van der Waals surface area contributed by atoms with Crippen LogP contribution in [0.4, 0.5) is 5.69 Å². The molecule has 0 atom stereocenters. The first kappa shape index (κ1) is 14.0. The Kier molecular flexibility index (Phi) is 3.96. The SMILES string of the molecule is Cn1cnnc1-c1ccc(NC(=O)Cc2ccccc2)cc1. The molecule has 22 heavy (non-hydrogen) atoms. The molecular formula is C17H16N4O. The largest absolute Gasteiger partial charge is 0.326 e. The molecule has 2 aromatic carbocycles. The summed E-state index contributed by atoms with van der Waals surface area (Å²) in [5.74, 6) is 0.764. The van der Waals surface area contributed by atoms with Gasteiger partial charge < -0.3 is 9.88 Å². The van der Waals surface area contributed by atoms with E-state index in [1.807, 2.05) is 66.2 Å². The van der Waals surface area contributed by atoms with Gasteiger partial charge in [0.25, 0.3) is 0 Å². The number of nitrogens with one attached hydrogen (secondary N) is 1. The molecule has 0 unspecified atom stereocenters. The van der Waals surface area contributed by atoms with Crippen molar-refractivity contribution < 1.29 is 4.79 Å². The molecule has 0 aliphatic carbocycles. The second kappa shape index (κ2) is 6.22. The zero-order chi connectivity index (χ0) is 15.4. The van der Waals surface area contributed by atoms with Crippen molar-refractivity contribution in [3.05, 3.63) is 66.5 Å². The predicted octanol–water partition coefficient (Wildman–Crippen LogP) is 2.66. The second-order valence-electron chi connectivity index (χ2n) is 5.05. The Morgan fingerprint density at radius 2 is 1.82 bits per heavy atom. The third-order valence-corrected chi connectivity index (χ3v) is 3.35. The number of carbonyl (C=O) groups is 1. The van der Waals surface area contributed by atoms with Crippen molar-refractivity contribution in [2.45, 2.75) is 6.42 Å². The Balaban J connectivity index is 1.66. The molecule has 3 aromatic rings. The minimum Gasteiger partial charge on any atom is -0.326 e. The normalized spacial score (nSPS) is 10.4. The lowest BCUT2D eigenvalue weighted by atomic mass is 10.1. The molecule has 110 valence electrons. The molecule has 5 heteroatoms. The summed E-state index contributed by atoms with van der Waals surface area (Å²) in [5, 5.41) is 10.8. The van der Waals surface area contributed by atoms with Crippen molar-refractivity contribution in [3.63, 3.8) is 0 Å². The summed E-state index contributed by atoms with van der Waals surface area (Å²) >= 11 is 0. The van der Waals surface area contributed by atoms with Gasteiger partial charge in [-0.3, -0.25) is 4.79 Å². The van der Waals surface area contributed by atoms with E-state index in [2.05, 4.69) is 15.5 Å². The molecule has 3 rings (SSSR count). The number of amides is 1. The monoisotopic (exact) mass is 292 g/mol. The number of aromatic nitrogens is 3. The van der Waals surface area contributed by atoms with Gasteiger partial charge in [-0.15, -0.1) is 10.2 Å². The van der Waals surface area contributed by atoms with Crippen LogP contribution in [0, 0.1) is 0 Å². The van der Waals surface area contributed by atoms with Crippen molar-refractivity contribution in [1.29, 1.82) is 0 Å². The number of benzene rings is 2. The van der Waals surface area contributed by atoms with Gasteiger partial charge in [0.15, 0.2) is 5.82 Å². The number of hydrogen-bond donors (Lipinski definition) is 1. The molecule has 0 saturated carbocycles. The Morgan fingerprint density at radius 1 is 1.09 bits per heavy atom. The molecule has 0 aliphatic heterocycles. The van der Waals surface area contributed by atoms with Crippen molar-refractivity contribution in [2.24, 2.45) is 7.05 Å². The van der Waals surface area contributed by atoms with E-state index in [9.17, 15) is 4.79 Å². The summed E-state index contributed by atoms with van der Waals surface area (Å²) in [6.07, 6.45) is 2.02. The molecular weight excluding hydrogens is 276 g/mol. The third-order valence-electron chi connectivity index (χ3n) is 3.35. The minimum absolute atomic E-state index is 0.0300. The van der Waals surface area contributed by atoms with E-state index in [1.54, 1.807) is 6.33 Å². The fourth-order valence-corrected chi connectivity index (χ4v) is 2.23. The smallest absolute Gasteiger partial charge is 0.228 e. The topological polar surface area (TPSA) is 59.8 Å². The van der Waals surface area contributed by atoms with Crippen LogP contribution in [0.15, 0.2) is 60.9 Å². The van der Waals surface area contributed by atoms with Crippen LogP contribution in [-0.4, -0.2) is 20.7 Å². The van der Waals surface area contributed by atoms with E-state index in [0.717, 1.165) is 22.6 Å². The summed E-state index contributed by atoms with van der Waals surface area (Å²) < 4.78 is 1.85. The number of carbonyl (C=O) groups excluding carboxylic acids is 1. The molecule has 0 fully saturated rings. The number of anilines is 1. The van der Waals surface area contributed by atoms with E-state index in [1.165, 1.54) is 0 Å². The number of aryl methyl sites for hydroxylation is 1. The molecule has 1 aromatic heterocycles. The van der Waals surface area contributed by atoms with Gasteiger partial charge in [-0.2, -0.15) is 0 Å². The molecule has 0 saturated heterocycles. The van der Waals surface area contributed by atoms with Crippen LogP contribution in [0.1, 0.15) is 5.56 Å². The Labute approximate surface area is 128 Å². The summed E-state index contributed by atoms with van der Waals surface area (Å²) in [7, 11) is 1.89. The molecule has 0 bridgehead atoms. The van der Waals surface area contributed by atoms with Crippen molar-refractivity contribution in [2.75, 3.05) is 5.32 Å². The van der Waals surface area contributed by atoms with Crippen LogP contribution < -0.4 is 5.32 Å². The Bertz CT molecular complexity index is 763. The van der Waals surface area contributed by atoms with E-state index in [0.29, 0.717) is 6.42 Å². The minimum atomic E-state index is -0.0300. The summed E-state index contributed by atoms with van der Waals surface area (Å²) in [5.41, 5.74) is 2.73. The van der Waals surface area contributed by atoms with Gasteiger partial charge in [0.2, 0.25) is 5.91 Å². The van der Waals surface area contributed by atoms with Crippen molar-refractivity contribution >= 4 is 11.6 Å². The zero-order valence-corrected chi connectivity index (χ0v) is 12.2. The fraction of sp³-hybridized carbons (Fsp3) is 0.118. The fourth-order valence-electron chi connectivity index (χ4n) is 2.23. The Morgan fingerprint density at radius 3 is 2.45 bits per heavy atom. The third kappa shape index (κ3) is 3.20. The maximum absolute atomic E-state index is 12.0. The maximum atomic E-state index is 12.0. The zero-order valence-electron chi connectivity index (χ0n) is 12.2. The summed E-state index contributed by atoms with van der Waals surface area (Å²) in [4.78, 5) is 12.0. The van der Waals surface area contributed by atoms with Crippen molar-refractivity contribution in [1.82, 2.24) is 14.8 Å². The van der Waals surface area contributed by atoms with Gasteiger partial charge in [0.1, 0.15) is 6.33 Å². The number of hydrogen-bond acceptors (Lipinski definition) is 3. The molecule has 1 amide bonds. The van der Waals surface area contributed by atoms with Crippen LogP contribution >= 0.6 is 0 Å². The van der Waals surface area contributed by atoms with E-state index < -0.39 is 0 Å². The molecule has 5 nitrogen and oxygen atoms in total. The molecule has 0 radical (unpaired) electrons. The highest BCUT2D eigenvalue weighted by Gasteiger charge is 2.06. The van der Waals surface area contributed by atoms with Gasteiger partial charge in [0, 0.05) is 18.3 Å². The van der Waals surface area contributed by atoms with Gasteiger partial charge in [-0.25, -0.2) is 0 Å². The van der Waals surface area contributed by atoms with Gasteiger partial charge >= 0.3 is 0 Å². The van der Waals surface area contributed by atoms with Gasteiger partial charge in [0.05, 0.1) is 6.42 Å². The van der Waals surface area contributed by atoms with Crippen LogP contribution in [0.2, 0.25) is 0 Å². The highest BCUT2D eigenvalue weighted by atomic mass is 16.1. The van der Waals surface area contributed by atoms with E-state index in [4.69, 9.17) is 0 Å². The van der Waals surface area contributed by atoms with E-state index >= 15 is 0 Å². The first-order valence-corrected chi connectivity index (χ1v) is 7.00. The van der Waals surface area contributed by atoms with E-state index in [-0.39, 0.29) is 5.91 Å². The number of rotatable bonds is 4. The lowest BCUT2D eigenvalue weighted by Crippen LogP contribution is -2.14. The predicted molar refractivity (Wildman–Crippen MR) is 85.2 cm³/mol. The molecule has 0 spiro atoms. The second-order valence-corrected chi connectivity index (χ2v) is 5.05. The summed E-state index contributed by atoms with van der Waals surface area (Å²) in [6, 6.07) is 17.3. The van der Waals surface area contributed by atoms with Gasteiger partial charge in [-0.1, -0.05) is 30.3 Å². The lowest BCUT2D eigenvalue weighted by Gasteiger charge is -2.06. The van der Waals surface area contributed by atoms with Crippen molar-refractivity contribution in [3.8, 4) is 11.4 Å². The first-order valence-electron chi connectivity index (χ1n) is 7.00. The van der Waals surface area contributed by atoms with Crippen LogP contribution in [0.25, 0.3) is 11.4 Å². The average molecular weight is 292 g/mol. The first-order chi connectivity index (χ1) is 10.7. The molecule has 1 heterocycles. The standard InChI is InChI=1S/C17H16N4O/c1-21-12-18-20-17(21)14-7-9-15(10-8-14)19-16(22)11-13-5-3-2-4-6-13/h2-10,12H,11H2,1H3,(H,19,22). The van der Waals surface area contributed by atoms with Crippen LogP contribution in [-0.2, 0) is 18.3 Å². The molecule has 0 aliphatic rings. The quantitative estimate of drug-likeness (QED) is 0.804. The van der Waals surface area contributed by atoms with Gasteiger partial charge in [-0.05, 0) is 29.8 Å². The lowest BCUT2D eigenvalue weighted by molar-refractivity contribution is -0.115. The molecule has 1 N–H and O–H groups in total. The highest BCUT2D eigenvalue weighted by molar-refractivity contribution is 5.92. The maximum Gasteiger partial charge on any atom is 0.228 e. The van der Waals surface area contributed by atoms with Crippen LogP contribution in [0.3, 0.4) is 0 Å². The van der Waals surface area contributed by atoms with Crippen LogP contribution in [0.5, 0.6) is 0 Å². The summed E-state index contributed by atoms with van der Waals surface area (Å²) in [6.45, 7) is 0. The Hall–Kier alpha value is -2.95.